The van der Waals surface area contributed by atoms with Crippen LogP contribution in [0.1, 0.15) is 39.2 Å². The minimum Gasteiger partial charge on any atom is -0.444 e. The number of fused-ring (bicyclic) bond motifs is 1. The number of hydrogen-bond acceptors (Lipinski definition) is 6. The maximum Gasteiger partial charge on any atom is 0.410 e. The Kier molecular flexibility index (Phi) is 5.11. The first-order valence-corrected chi connectivity index (χ1v) is 10.6. The Hall–Kier alpha value is -2.77. The molecular formula is C22H30N4O4. The molecule has 0 radical (unpaired) electrons. The van der Waals surface area contributed by atoms with Crippen LogP contribution in [0.2, 0.25) is 0 Å². The number of nitrogens with zero attached hydrogens (tertiary/aromatic N) is 3. The Morgan fingerprint density at radius 3 is 2.53 bits per heavy atom. The number of likely N-dealkylation sites (N-methyl/N-ethyl adjacent to an activating group) is 1. The fourth-order valence-corrected chi connectivity index (χ4v) is 4.42. The second kappa shape index (κ2) is 7.49. The van der Waals surface area contributed by atoms with Gasteiger partial charge in [-0.1, -0.05) is 6.07 Å². The fraction of sp³-hybridized carbons (Fsp3) is 0.591. The van der Waals surface area contributed by atoms with E-state index in [4.69, 9.17) is 4.74 Å². The van der Waals surface area contributed by atoms with E-state index in [0.717, 1.165) is 37.4 Å². The topological polar surface area (TPSA) is 82.2 Å². The van der Waals surface area contributed by atoms with Gasteiger partial charge in [0.2, 0.25) is 11.8 Å². The molecule has 1 aromatic rings. The maximum absolute atomic E-state index is 12.3. The highest BCUT2D eigenvalue weighted by atomic mass is 16.6. The average molecular weight is 415 g/mol. The van der Waals surface area contributed by atoms with Gasteiger partial charge < -0.3 is 19.4 Å². The number of piperidine rings is 1. The van der Waals surface area contributed by atoms with Gasteiger partial charge in [-0.05, 0) is 45.7 Å². The number of imide groups is 1. The predicted molar refractivity (Wildman–Crippen MR) is 114 cm³/mol. The molecule has 8 nitrogen and oxygen atoms in total. The molecule has 4 rings (SSSR count). The van der Waals surface area contributed by atoms with Gasteiger partial charge in [0.05, 0.1) is 6.04 Å². The van der Waals surface area contributed by atoms with E-state index in [1.54, 1.807) is 11.9 Å². The van der Waals surface area contributed by atoms with Gasteiger partial charge in [0.25, 0.3) is 0 Å². The first-order chi connectivity index (χ1) is 14.1. The highest BCUT2D eigenvalue weighted by Gasteiger charge is 2.39. The molecule has 1 aromatic carbocycles. The van der Waals surface area contributed by atoms with Crippen LogP contribution >= 0.6 is 0 Å². The Morgan fingerprint density at radius 2 is 1.87 bits per heavy atom. The minimum atomic E-state index is -0.505. The summed E-state index contributed by atoms with van der Waals surface area (Å²) in [5, 5.41) is 2.46. The van der Waals surface area contributed by atoms with E-state index in [-0.39, 0.29) is 30.0 Å². The lowest BCUT2D eigenvalue weighted by atomic mass is 10.0. The van der Waals surface area contributed by atoms with Gasteiger partial charge in [0.1, 0.15) is 11.6 Å². The number of ether oxygens (including phenoxy) is 1. The number of amides is 3. The zero-order valence-corrected chi connectivity index (χ0v) is 18.1. The Morgan fingerprint density at radius 1 is 1.17 bits per heavy atom. The molecule has 2 fully saturated rings. The number of anilines is 2. The van der Waals surface area contributed by atoms with Crippen LogP contribution in [-0.2, 0) is 20.7 Å². The molecule has 8 heteroatoms. The number of nitrogens with one attached hydrogen (secondary N) is 1. The van der Waals surface area contributed by atoms with Crippen LogP contribution in [0.3, 0.4) is 0 Å². The second-order valence-corrected chi connectivity index (χ2v) is 9.34. The van der Waals surface area contributed by atoms with Gasteiger partial charge in [-0.25, -0.2) is 4.79 Å². The molecule has 3 amide bonds. The van der Waals surface area contributed by atoms with Gasteiger partial charge in [-0.15, -0.1) is 0 Å². The quantitative estimate of drug-likeness (QED) is 0.761. The summed E-state index contributed by atoms with van der Waals surface area (Å²) in [6.07, 6.45) is 1.51. The third-order valence-corrected chi connectivity index (χ3v) is 6.06. The standard InChI is InChI=1S/C22H30N4O4/c1-22(2,3)30-21(29)24(4)14-12-25(13-14)16-6-5-7-17-15(16)10-11-26(17)18-8-9-19(27)23-20(18)28/h5-7,14,18H,8-13H2,1-4H3,(H,23,27,28)/t18-/m1/s1. The van der Waals surface area contributed by atoms with Crippen molar-refractivity contribution in [3.63, 3.8) is 0 Å². The zero-order valence-electron chi connectivity index (χ0n) is 18.1. The van der Waals surface area contributed by atoms with E-state index < -0.39 is 5.60 Å². The van der Waals surface area contributed by atoms with Crippen molar-refractivity contribution in [2.24, 2.45) is 0 Å². The smallest absolute Gasteiger partial charge is 0.410 e. The lowest BCUT2D eigenvalue weighted by molar-refractivity contribution is -0.134. The monoisotopic (exact) mass is 414 g/mol. The van der Waals surface area contributed by atoms with Crippen LogP contribution in [0.15, 0.2) is 18.2 Å². The molecule has 0 bridgehead atoms. The lowest BCUT2D eigenvalue weighted by Gasteiger charge is -2.46. The van der Waals surface area contributed by atoms with Crippen LogP contribution in [0.4, 0.5) is 16.2 Å². The van der Waals surface area contributed by atoms with Crippen LogP contribution in [0.25, 0.3) is 0 Å². The molecule has 0 aliphatic carbocycles. The highest BCUT2D eigenvalue weighted by Crippen LogP contribution is 2.39. The van der Waals surface area contributed by atoms with E-state index in [1.807, 2.05) is 26.8 Å². The Balaban J connectivity index is 1.43. The number of rotatable bonds is 3. The van der Waals surface area contributed by atoms with E-state index in [1.165, 1.54) is 5.56 Å². The van der Waals surface area contributed by atoms with Crippen molar-refractivity contribution in [1.29, 1.82) is 0 Å². The maximum atomic E-state index is 12.3. The van der Waals surface area contributed by atoms with Crippen molar-refractivity contribution in [2.45, 2.75) is 57.7 Å². The predicted octanol–water partition coefficient (Wildman–Crippen LogP) is 1.91. The Bertz CT molecular complexity index is 872. The van der Waals surface area contributed by atoms with Crippen molar-refractivity contribution >= 4 is 29.3 Å². The summed E-state index contributed by atoms with van der Waals surface area (Å²) in [6.45, 7) is 7.89. The van der Waals surface area contributed by atoms with Gasteiger partial charge in [-0.2, -0.15) is 0 Å². The van der Waals surface area contributed by atoms with Crippen molar-refractivity contribution < 1.29 is 19.1 Å². The van der Waals surface area contributed by atoms with E-state index >= 15 is 0 Å². The summed E-state index contributed by atoms with van der Waals surface area (Å²) in [6, 6.07) is 6.00. The van der Waals surface area contributed by atoms with E-state index in [2.05, 4.69) is 27.2 Å². The van der Waals surface area contributed by atoms with Gasteiger partial charge >= 0.3 is 6.09 Å². The number of carbonyl (C=O) groups is 3. The molecule has 30 heavy (non-hydrogen) atoms. The summed E-state index contributed by atoms with van der Waals surface area (Å²) in [5.41, 5.74) is 2.97. The summed E-state index contributed by atoms with van der Waals surface area (Å²) in [4.78, 5) is 42.2. The third-order valence-electron chi connectivity index (χ3n) is 6.06. The normalized spacial score (nSPS) is 21.8. The molecule has 1 atom stereocenters. The number of benzene rings is 1. The first kappa shape index (κ1) is 20.5. The first-order valence-electron chi connectivity index (χ1n) is 10.6. The van der Waals surface area contributed by atoms with Gasteiger partial charge in [-0.3, -0.25) is 14.9 Å². The van der Waals surface area contributed by atoms with Crippen LogP contribution in [0, 0.1) is 0 Å². The second-order valence-electron chi connectivity index (χ2n) is 9.34. The SMILES string of the molecule is CN(C(=O)OC(C)(C)C)C1CN(c2cccc3c2CCN3[C@@H]2CCC(=O)NC2=O)C1. The summed E-state index contributed by atoms with van der Waals surface area (Å²) >= 11 is 0. The van der Waals surface area contributed by atoms with Crippen molar-refractivity contribution in [3.8, 4) is 0 Å². The molecule has 3 aliphatic rings. The van der Waals surface area contributed by atoms with Crippen LogP contribution in [-0.4, -0.2) is 67.2 Å². The Labute approximate surface area is 177 Å². The summed E-state index contributed by atoms with van der Waals surface area (Å²) in [5.74, 6) is -0.391. The van der Waals surface area contributed by atoms with Crippen LogP contribution < -0.4 is 15.1 Å². The largest absolute Gasteiger partial charge is 0.444 e. The molecule has 0 saturated carbocycles. The molecule has 0 spiro atoms. The number of hydrogen-bond donors (Lipinski definition) is 1. The molecule has 162 valence electrons. The average Bonchev–Trinajstić information content (AvgIpc) is 3.03. The van der Waals surface area contributed by atoms with E-state index in [9.17, 15) is 14.4 Å². The molecule has 2 saturated heterocycles. The molecule has 0 aromatic heterocycles. The minimum absolute atomic E-state index is 0.114. The zero-order chi connectivity index (χ0) is 21.6. The molecule has 1 N–H and O–H groups in total. The van der Waals surface area contributed by atoms with Crippen molar-refractivity contribution in [2.75, 3.05) is 36.5 Å². The molecular weight excluding hydrogens is 384 g/mol. The molecule has 0 unspecified atom stereocenters. The van der Waals surface area contributed by atoms with Crippen molar-refractivity contribution in [1.82, 2.24) is 10.2 Å². The lowest BCUT2D eigenvalue weighted by Crippen LogP contribution is -2.60. The van der Waals surface area contributed by atoms with Gasteiger partial charge in [0, 0.05) is 50.0 Å². The fourth-order valence-electron chi connectivity index (χ4n) is 4.42. The van der Waals surface area contributed by atoms with Gasteiger partial charge in [0.15, 0.2) is 0 Å². The van der Waals surface area contributed by atoms with E-state index in [0.29, 0.717) is 12.8 Å². The molecule has 3 aliphatic heterocycles. The third kappa shape index (κ3) is 3.82. The van der Waals surface area contributed by atoms with Crippen molar-refractivity contribution in [3.05, 3.63) is 23.8 Å². The van der Waals surface area contributed by atoms with Crippen LogP contribution in [0.5, 0.6) is 0 Å². The highest BCUT2D eigenvalue weighted by molar-refractivity contribution is 6.02. The summed E-state index contributed by atoms with van der Waals surface area (Å²) in [7, 11) is 1.79. The summed E-state index contributed by atoms with van der Waals surface area (Å²) < 4.78 is 5.47. The number of carbonyl (C=O) groups excluding carboxylic acids is 3. The molecule has 3 heterocycles.